The Morgan fingerprint density at radius 3 is 2.08 bits per heavy atom. The van der Waals surface area contributed by atoms with Gasteiger partial charge in [-0.25, -0.2) is 8.42 Å². The summed E-state index contributed by atoms with van der Waals surface area (Å²) in [5, 5.41) is -0.883. The molecule has 2 aromatic carbocycles. The van der Waals surface area contributed by atoms with Crippen LogP contribution in [0.3, 0.4) is 0 Å². The van der Waals surface area contributed by atoms with Gasteiger partial charge in [-0.3, -0.25) is 4.79 Å². The third-order valence-corrected chi connectivity index (χ3v) is 5.13. The van der Waals surface area contributed by atoms with Gasteiger partial charge in [-0.05, 0) is 24.6 Å². The quantitative estimate of drug-likeness (QED) is 0.368. The summed E-state index contributed by atoms with van der Waals surface area (Å²) in [6.45, 7) is 2.22. The molecule has 24 heavy (non-hydrogen) atoms. The highest BCUT2D eigenvalue weighted by atomic mass is 32.2. The van der Waals surface area contributed by atoms with Crippen molar-refractivity contribution >= 4 is 20.8 Å². The molecular formula is C17H17N3O3S. The zero-order valence-electron chi connectivity index (χ0n) is 13.2. The van der Waals surface area contributed by atoms with Crippen molar-refractivity contribution in [3.63, 3.8) is 0 Å². The van der Waals surface area contributed by atoms with Gasteiger partial charge < -0.3 is 10.4 Å². The highest BCUT2D eigenvalue weighted by Crippen LogP contribution is 2.14. The van der Waals surface area contributed by atoms with E-state index in [4.69, 9.17) is 5.53 Å². The lowest BCUT2D eigenvalue weighted by Gasteiger charge is -2.18. The first-order valence-electron chi connectivity index (χ1n) is 7.36. The zero-order chi connectivity index (χ0) is 17.6. The SMILES string of the molecule is CCN(Cc1ccccc1)C(=O)C(=[N+]=[N-])S(=O)(=O)c1ccccc1. The predicted octanol–water partition coefficient (Wildman–Crippen LogP) is 2.14. The second kappa shape index (κ2) is 7.68. The molecule has 0 bridgehead atoms. The summed E-state index contributed by atoms with van der Waals surface area (Å²) in [5.41, 5.74) is 10.0. The summed E-state index contributed by atoms with van der Waals surface area (Å²) in [6.07, 6.45) is 0. The van der Waals surface area contributed by atoms with Gasteiger partial charge in [0, 0.05) is 13.1 Å². The Balaban J connectivity index is 2.33. The number of hydrogen-bond acceptors (Lipinski definition) is 3. The predicted molar refractivity (Wildman–Crippen MR) is 89.8 cm³/mol. The molecule has 0 spiro atoms. The summed E-state index contributed by atoms with van der Waals surface area (Å²) < 4.78 is 25.1. The Labute approximate surface area is 140 Å². The van der Waals surface area contributed by atoms with Gasteiger partial charge >= 0.3 is 11.0 Å². The molecule has 0 aliphatic carbocycles. The topological polar surface area (TPSA) is 90.8 Å². The molecule has 2 aromatic rings. The maximum absolute atomic E-state index is 12.6. The number of sulfone groups is 1. The van der Waals surface area contributed by atoms with E-state index in [2.05, 4.69) is 4.79 Å². The van der Waals surface area contributed by atoms with E-state index in [-0.39, 0.29) is 18.0 Å². The fraction of sp³-hybridized carbons (Fsp3) is 0.176. The van der Waals surface area contributed by atoms with Crippen LogP contribution in [0.4, 0.5) is 0 Å². The summed E-state index contributed by atoms with van der Waals surface area (Å²) >= 11 is 0. The minimum Gasteiger partial charge on any atom is -0.360 e. The van der Waals surface area contributed by atoms with E-state index in [9.17, 15) is 13.2 Å². The van der Waals surface area contributed by atoms with Crippen LogP contribution in [0, 0.1) is 0 Å². The van der Waals surface area contributed by atoms with Crippen LogP contribution < -0.4 is 0 Å². The zero-order valence-corrected chi connectivity index (χ0v) is 14.0. The molecule has 0 saturated carbocycles. The summed E-state index contributed by atoms with van der Waals surface area (Å²) in [4.78, 5) is 16.6. The number of benzene rings is 2. The minimum atomic E-state index is -4.19. The van der Waals surface area contributed by atoms with Crippen LogP contribution in [0.5, 0.6) is 0 Å². The Morgan fingerprint density at radius 2 is 1.58 bits per heavy atom. The van der Waals surface area contributed by atoms with Gasteiger partial charge in [0.25, 0.3) is 9.84 Å². The van der Waals surface area contributed by atoms with Gasteiger partial charge in [-0.15, -0.1) is 4.79 Å². The van der Waals surface area contributed by atoms with Gasteiger partial charge in [0.1, 0.15) is 0 Å². The third-order valence-electron chi connectivity index (χ3n) is 3.47. The van der Waals surface area contributed by atoms with E-state index in [0.717, 1.165) is 5.56 Å². The molecule has 0 fully saturated rings. The average Bonchev–Trinajstić information content (AvgIpc) is 2.61. The van der Waals surface area contributed by atoms with Gasteiger partial charge in [-0.1, -0.05) is 48.5 Å². The van der Waals surface area contributed by atoms with Crippen LogP contribution in [-0.2, 0) is 21.2 Å². The van der Waals surface area contributed by atoms with E-state index in [0.29, 0.717) is 0 Å². The molecule has 0 N–H and O–H groups in total. The number of rotatable bonds is 4. The van der Waals surface area contributed by atoms with Gasteiger partial charge in [0.15, 0.2) is 0 Å². The number of hydrogen-bond donors (Lipinski definition) is 0. The molecule has 0 aliphatic rings. The molecule has 0 heterocycles. The minimum absolute atomic E-state index is 0.0954. The first kappa shape index (κ1) is 17.6. The fourth-order valence-corrected chi connectivity index (χ4v) is 3.39. The maximum Gasteiger partial charge on any atom is 0.473 e. The van der Waals surface area contributed by atoms with Crippen molar-refractivity contribution in [1.29, 1.82) is 0 Å². The fourth-order valence-electron chi connectivity index (χ4n) is 2.19. The number of amides is 1. The number of nitrogens with zero attached hydrogens (tertiary/aromatic N) is 3. The van der Waals surface area contributed by atoms with Gasteiger partial charge in [-0.2, -0.15) is 0 Å². The Bertz CT molecular complexity index is 858. The lowest BCUT2D eigenvalue weighted by atomic mass is 10.2. The lowest BCUT2D eigenvalue weighted by Crippen LogP contribution is -2.40. The average molecular weight is 343 g/mol. The van der Waals surface area contributed by atoms with E-state index in [1.807, 2.05) is 30.3 Å². The van der Waals surface area contributed by atoms with Crippen molar-refractivity contribution in [3.05, 3.63) is 71.8 Å². The number of carbonyl (C=O) groups is 1. The molecule has 6 nitrogen and oxygen atoms in total. The molecule has 124 valence electrons. The van der Waals surface area contributed by atoms with Crippen LogP contribution in [0.2, 0.25) is 0 Å². The molecule has 0 unspecified atom stereocenters. The largest absolute Gasteiger partial charge is 0.473 e. The van der Waals surface area contributed by atoms with E-state index >= 15 is 0 Å². The lowest BCUT2D eigenvalue weighted by molar-refractivity contribution is -0.128. The Kier molecular flexibility index (Phi) is 5.63. The molecular weight excluding hydrogens is 326 g/mol. The molecule has 7 heteroatoms. The van der Waals surface area contributed by atoms with Gasteiger partial charge in [0.05, 0.1) is 4.90 Å². The molecule has 0 radical (unpaired) electrons. The second-order valence-corrected chi connectivity index (χ2v) is 6.89. The Hall–Kier alpha value is -2.76. The number of carbonyl (C=O) groups excluding carboxylic acids is 1. The summed E-state index contributed by atoms with van der Waals surface area (Å²) in [6, 6.07) is 16.6. The van der Waals surface area contributed by atoms with Crippen molar-refractivity contribution in [2.75, 3.05) is 6.54 Å². The smallest absolute Gasteiger partial charge is 0.360 e. The summed E-state index contributed by atoms with van der Waals surface area (Å²) in [7, 11) is -4.19. The third kappa shape index (κ3) is 3.76. The molecule has 2 rings (SSSR count). The van der Waals surface area contributed by atoms with E-state index in [1.54, 1.807) is 13.0 Å². The normalized spacial score (nSPS) is 10.7. The highest BCUT2D eigenvalue weighted by Gasteiger charge is 2.40. The Morgan fingerprint density at radius 1 is 1.04 bits per heavy atom. The molecule has 0 saturated heterocycles. The second-order valence-electron chi connectivity index (χ2n) is 5.03. The van der Waals surface area contributed by atoms with Crippen LogP contribution >= 0.6 is 0 Å². The first-order valence-corrected chi connectivity index (χ1v) is 8.84. The van der Waals surface area contributed by atoms with E-state index < -0.39 is 20.8 Å². The van der Waals surface area contributed by atoms with Crippen LogP contribution in [0.25, 0.3) is 5.53 Å². The van der Waals surface area contributed by atoms with Gasteiger partial charge in [0.2, 0.25) is 0 Å². The van der Waals surface area contributed by atoms with Crippen molar-refractivity contribution in [2.45, 2.75) is 18.4 Å². The van der Waals surface area contributed by atoms with Crippen LogP contribution in [0.15, 0.2) is 65.6 Å². The molecule has 0 aliphatic heterocycles. The van der Waals surface area contributed by atoms with Crippen LogP contribution in [0.1, 0.15) is 12.5 Å². The molecule has 0 atom stereocenters. The molecule has 0 aromatic heterocycles. The maximum atomic E-state index is 12.6. The molecule has 1 amide bonds. The first-order chi connectivity index (χ1) is 11.5. The monoisotopic (exact) mass is 343 g/mol. The van der Waals surface area contributed by atoms with Crippen molar-refractivity contribution in [2.24, 2.45) is 0 Å². The highest BCUT2D eigenvalue weighted by molar-refractivity contribution is 8.08. The standard InChI is InChI=1S/C17H17N3O3S/c1-2-20(13-14-9-5-3-6-10-14)17(21)16(19-18)24(22,23)15-11-7-4-8-12-15/h3-12H,2,13H2,1H3. The van der Waals surface area contributed by atoms with Crippen molar-refractivity contribution < 1.29 is 18.0 Å². The summed E-state index contributed by atoms with van der Waals surface area (Å²) in [5.74, 6) is -0.840. The van der Waals surface area contributed by atoms with Crippen LogP contribution in [-0.4, -0.2) is 35.6 Å². The van der Waals surface area contributed by atoms with Crippen molar-refractivity contribution in [1.82, 2.24) is 4.90 Å². The van der Waals surface area contributed by atoms with Crippen molar-refractivity contribution in [3.8, 4) is 0 Å². The van der Waals surface area contributed by atoms with E-state index in [1.165, 1.54) is 29.2 Å².